The van der Waals surface area contributed by atoms with Gasteiger partial charge in [0.1, 0.15) is 0 Å². The molecular weight excluding hydrogens is 302 g/mol. The van der Waals surface area contributed by atoms with Crippen LogP contribution in [0.3, 0.4) is 0 Å². The third-order valence-corrected chi connectivity index (χ3v) is 4.02. The van der Waals surface area contributed by atoms with E-state index in [9.17, 15) is 9.59 Å². The summed E-state index contributed by atoms with van der Waals surface area (Å²) in [5.74, 6) is -0.698. The summed E-state index contributed by atoms with van der Waals surface area (Å²) in [4.78, 5) is 23.6. The van der Waals surface area contributed by atoms with E-state index < -0.39 is 5.97 Å². The fourth-order valence-corrected chi connectivity index (χ4v) is 2.33. The minimum Gasteiger partial charge on any atom is -0.455 e. The van der Waals surface area contributed by atoms with Gasteiger partial charge in [0.25, 0.3) is 5.91 Å². The molecule has 0 aliphatic rings. The Bertz CT molecular complexity index is 737. The summed E-state index contributed by atoms with van der Waals surface area (Å²) in [5.41, 5.74) is 5.37. The number of carbonyl (C=O) groups is 2. The summed E-state index contributed by atoms with van der Waals surface area (Å²) >= 11 is 0. The van der Waals surface area contributed by atoms with Crippen LogP contribution in [-0.2, 0) is 27.3 Å². The van der Waals surface area contributed by atoms with E-state index in [1.807, 2.05) is 63.2 Å². The zero-order valence-electron chi connectivity index (χ0n) is 14.4. The van der Waals surface area contributed by atoms with Crippen LogP contribution in [0.2, 0.25) is 0 Å². The molecule has 2 aromatic carbocycles. The summed E-state index contributed by atoms with van der Waals surface area (Å²) in [6, 6.07) is 13.7. The second kappa shape index (κ2) is 8.29. The molecule has 2 aromatic rings. The maximum absolute atomic E-state index is 11.8. The zero-order chi connectivity index (χ0) is 17.5. The molecule has 0 heterocycles. The lowest BCUT2D eigenvalue weighted by atomic mass is 10.0. The van der Waals surface area contributed by atoms with Gasteiger partial charge in [-0.15, -0.1) is 0 Å². The Balaban J connectivity index is 1.76. The summed E-state index contributed by atoms with van der Waals surface area (Å²) in [6.07, 6.45) is 0.173. The van der Waals surface area contributed by atoms with E-state index in [1.54, 1.807) is 0 Å². The first kappa shape index (κ1) is 17.7. The summed E-state index contributed by atoms with van der Waals surface area (Å²) < 4.78 is 5.05. The average molecular weight is 325 g/mol. The van der Waals surface area contributed by atoms with E-state index in [-0.39, 0.29) is 18.9 Å². The Morgan fingerprint density at radius 3 is 2.42 bits per heavy atom. The van der Waals surface area contributed by atoms with Gasteiger partial charge in [0, 0.05) is 6.54 Å². The number of rotatable bonds is 6. The third-order valence-electron chi connectivity index (χ3n) is 4.02. The average Bonchev–Trinajstić information content (AvgIpc) is 2.55. The molecule has 4 nitrogen and oxygen atoms in total. The number of nitrogens with one attached hydrogen (secondary N) is 1. The molecule has 1 amide bonds. The molecule has 0 aliphatic heterocycles. The maximum atomic E-state index is 11.8. The molecule has 24 heavy (non-hydrogen) atoms. The lowest BCUT2D eigenvalue weighted by Crippen LogP contribution is -2.28. The number of ether oxygens (including phenoxy) is 1. The van der Waals surface area contributed by atoms with Gasteiger partial charge in [-0.2, -0.15) is 0 Å². The normalized spacial score (nSPS) is 10.3. The SMILES string of the molecule is Cc1ccc(CC(=O)OCC(=O)NCc2ccccc2C)cc1C. The maximum Gasteiger partial charge on any atom is 0.310 e. The Morgan fingerprint density at radius 2 is 1.71 bits per heavy atom. The van der Waals surface area contributed by atoms with Gasteiger partial charge in [0.15, 0.2) is 6.61 Å². The van der Waals surface area contributed by atoms with Gasteiger partial charge < -0.3 is 10.1 Å². The minimum absolute atomic E-state index is 0.173. The molecule has 1 N–H and O–H groups in total. The van der Waals surface area contributed by atoms with Gasteiger partial charge in [0.05, 0.1) is 6.42 Å². The molecule has 0 unspecified atom stereocenters. The standard InChI is InChI=1S/C20H23NO3/c1-14-8-9-17(10-16(14)3)11-20(23)24-13-19(22)21-12-18-7-5-4-6-15(18)2/h4-10H,11-13H2,1-3H3,(H,21,22). The molecule has 0 aromatic heterocycles. The molecule has 0 bridgehead atoms. The number of amides is 1. The van der Waals surface area contributed by atoms with Crippen molar-refractivity contribution in [3.05, 3.63) is 70.3 Å². The highest BCUT2D eigenvalue weighted by atomic mass is 16.5. The number of hydrogen-bond donors (Lipinski definition) is 1. The Kier molecular flexibility index (Phi) is 6.13. The van der Waals surface area contributed by atoms with Crippen LogP contribution in [0.25, 0.3) is 0 Å². The largest absolute Gasteiger partial charge is 0.455 e. The van der Waals surface area contributed by atoms with Crippen LogP contribution in [0, 0.1) is 20.8 Å². The van der Waals surface area contributed by atoms with Crippen LogP contribution in [0.15, 0.2) is 42.5 Å². The van der Waals surface area contributed by atoms with E-state index in [4.69, 9.17) is 4.74 Å². The molecule has 0 spiro atoms. The van der Waals surface area contributed by atoms with E-state index in [2.05, 4.69) is 5.32 Å². The lowest BCUT2D eigenvalue weighted by molar-refractivity contribution is -0.147. The lowest BCUT2D eigenvalue weighted by Gasteiger charge is -2.09. The summed E-state index contributed by atoms with van der Waals surface area (Å²) in [6.45, 7) is 6.19. The second-order valence-corrected chi connectivity index (χ2v) is 5.96. The van der Waals surface area contributed by atoms with E-state index in [0.29, 0.717) is 6.54 Å². The number of aryl methyl sites for hydroxylation is 3. The third kappa shape index (κ3) is 5.23. The van der Waals surface area contributed by atoms with Gasteiger partial charge in [0.2, 0.25) is 0 Å². The van der Waals surface area contributed by atoms with Crippen LogP contribution >= 0.6 is 0 Å². The second-order valence-electron chi connectivity index (χ2n) is 5.96. The van der Waals surface area contributed by atoms with Crippen molar-refractivity contribution < 1.29 is 14.3 Å². The molecule has 0 aliphatic carbocycles. The predicted octanol–water partition coefficient (Wildman–Crippen LogP) is 3.01. The van der Waals surface area contributed by atoms with Crippen LogP contribution in [0.4, 0.5) is 0 Å². The van der Waals surface area contributed by atoms with Crippen LogP contribution in [0.5, 0.6) is 0 Å². The van der Waals surface area contributed by atoms with Crippen LogP contribution in [0.1, 0.15) is 27.8 Å². The van der Waals surface area contributed by atoms with E-state index in [0.717, 1.165) is 22.3 Å². The quantitative estimate of drug-likeness (QED) is 0.831. The van der Waals surface area contributed by atoms with E-state index >= 15 is 0 Å². The fraction of sp³-hybridized carbons (Fsp3) is 0.300. The highest BCUT2D eigenvalue weighted by Gasteiger charge is 2.09. The van der Waals surface area contributed by atoms with Crippen LogP contribution < -0.4 is 5.32 Å². The number of esters is 1. The molecule has 0 fully saturated rings. The van der Waals surface area contributed by atoms with Gasteiger partial charge >= 0.3 is 5.97 Å². The number of hydrogen-bond acceptors (Lipinski definition) is 3. The topological polar surface area (TPSA) is 55.4 Å². The van der Waals surface area contributed by atoms with Gasteiger partial charge in [-0.3, -0.25) is 9.59 Å². The fourth-order valence-electron chi connectivity index (χ4n) is 2.33. The molecule has 126 valence electrons. The van der Waals surface area contributed by atoms with Crippen LogP contribution in [-0.4, -0.2) is 18.5 Å². The van der Waals surface area contributed by atoms with Crippen molar-refractivity contribution in [1.29, 1.82) is 0 Å². The van der Waals surface area contributed by atoms with Gasteiger partial charge in [-0.05, 0) is 48.6 Å². The molecule has 0 atom stereocenters. The molecule has 2 rings (SSSR count). The molecule has 0 saturated carbocycles. The zero-order valence-corrected chi connectivity index (χ0v) is 14.4. The number of carbonyl (C=O) groups excluding carboxylic acids is 2. The molecule has 0 saturated heterocycles. The molecule has 4 heteroatoms. The van der Waals surface area contributed by atoms with Crippen molar-refractivity contribution in [2.75, 3.05) is 6.61 Å². The van der Waals surface area contributed by atoms with Crippen molar-refractivity contribution in [3.8, 4) is 0 Å². The van der Waals surface area contributed by atoms with Gasteiger partial charge in [-0.1, -0.05) is 42.5 Å². The van der Waals surface area contributed by atoms with Crippen molar-refractivity contribution >= 4 is 11.9 Å². The highest BCUT2D eigenvalue weighted by molar-refractivity contribution is 5.81. The Hall–Kier alpha value is -2.62. The van der Waals surface area contributed by atoms with Crippen molar-refractivity contribution in [2.24, 2.45) is 0 Å². The van der Waals surface area contributed by atoms with E-state index in [1.165, 1.54) is 5.56 Å². The Labute approximate surface area is 142 Å². The van der Waals surface area contributed by atoms with Gasteiger partial charge in [-0.25, -0.2) is 0 Å². The first-order valence-corrected chi connectivity index (χ1v) is 7.98. The summed E-state index contributed by atoms with van der Waals surface area (Å²) in [7, 11) is 0. The predicted molar refractivity (Wildman–Crippen MR) is 93.6 cm³/mol. The first-order valence-electron chi connectivity index (χ1n) is 7.98. The minimum atomic E-state index is -0.399. The smallest absolute Gasteiger partial charge is 0.310 e. The molecular formula is C20H23NO3. The van der Waals surface area contributed by atoms with Crippen molar-refractivity contribution in [3.63, 3.8) is 0 Å². The number of benzene rings is 2. The first-order chi connectivity index (χ1) is 11.5. The van der Waals surface area contributed by atoms with Crippen molar-refractivity contribution in [2.45, 2.75) is 33.7 Å². The molecule has 0 radical (unpaired) electrons. The van der Waals surface area contributed by atoms with Crippen molar-refractivity contribution in [1.82, 2.24) is 5.32 Å². The monoisotopic (exact) mass is 325 g/mol. The highest BCUT2D eigenvalue weighted by Crippen LogP contribution is 2.11. The Morgan fingerprint density at radius 1 is 0.958 bits per heavy atom. The summed E-state index contributed by atoms with van der Waals surface area (Å²) in [5, 5.41) is 2.76.